The highest BCUT2D eigenvalue weighted by molar-refractivity contribution is 7.89. The van der Waals surface area contributed by atoms with E-state index in [-0.39, 0.29) is 49.5 Å². The number of fused-ring (bicyclic) bond motifs is 6. The van der Waals surface area contributed by atoms with Gasteiger partial charge in [0.25, 0.3) is 0 Å². The number of sulfonamides is 1. The first kappa shape index (κ1) is 26.4. The third-order valence-corrected chi connectivity index (χ3v) is 9.14. The van der Waals surface area contributed by atoms with E-state index < -0.39 is 58.3 Å². The number of morpholine rings is 1. The van der Waals surface area contributed by atoms with Crippen molar-refractivity contribution in [1.82, 2.24) is 19.8 Å². The maximum atomic E-state index is 13.9. The summed E-state index contributed by atoms with van der Waals surface area (Å²) in [4.78, 5) is 27.1. The van der Waals surface area contributed by atoms with E-state index in [2.05, 4.69) is 10.6 Å². The van der Waals surface area contributed by atoms with Crippen LogP contribution in [-0.4, -0.2) is 122 Å². The Morgan fingerprint density at radius 1 is 1.08 bits per heavy atom. The molecule has 0 aromatic heterocycles. The van der Waals surface area contributed by atoms with Crippen molar-refractivity contribution >= 4 is 21.8 Å². The smallest absolute Gasteiger partial charge is 0.243 e. The van der Waals surface area contributed by atoms with Crippen LogP contribution in [0.4, 0.5) is 4.39 Å². The van der Waals surface area contributed by atoms with Gasteiger partial charge in [-0.1, -0.05) is 6.07 Å². The average molecular weight is 543 g/mol. The number of carbonyl (C=O) groups excluding carboxylic acids is 2. The van der Waals surface area contributed by atoms with Gasteiger partial charge in [-0.15, -0.1) is 0 Å². The van der Waals surface area contributed by atoms with E-state index in [9.17, 15) is 32.6 Å². The summed E-state index contributed by atoms with van der Waals surface area (Å²) in [6, 6.07) is 3.75. The molecule has 7 atom stereocenters. The number of hydrogen-bond donors (Lipinski definition) is 4. The average Bonchev–Trinajstić information content (AvgIpc) is 3.43. The fourth-order valence-corrected chi connectivity index (χ4v) is 6.89. The lowest BCUT2D eigenvalue weighted by atomic mass is 10.0. The highest BCUT2D eigenvalue weighted by atomic mass is 32.2. The van der Waals surface area contributed by atoms with Crippen LogP contribution in [0.1, 0.15) is 12.8 Å². The molecule has 4 aliphatic rings. The highest BCUT2D eigenvalue weighted by Crippen LogP contribution is 2.28. The topological polar surface area (TPSA) is 158 Å². The summed E-state index contributed by atoms with van der Waals surface area (Å²) in [5.41, 5.74) is 0. The number of aliphatic hydroxyl groups is 2. The quantitative estimate of drug-likeness (QED) is 0.325. The predicted molar refractivity (Wildman–Crippen MR) is 125 cm³/mol. The number of hydrogen-bond acceptors (Lipinski definition) is 9. The molecule has 4 fully saturated rings. The number of ether oxygens (including phenoxy) is 2. The maximum absolute atomic E-state index is 13.9. The Balaban J connectivity index is 1.47. The number of carbonyl (C=O) groups is 2. The molecule has 1 aromatic carbocycles. The third-order valence-electron chi connectivity index (χ3n) is 7.32. The van der Waals surface area contributed by atoms with Gasteiger partial charge in [-0.05, 0) is 24.6 Å². The van der Waals surface area contributed by atoms with Gasteiger partial charge in [-0.25, -0.2) is 12.8 Å². The summed E-state index contributed by atoms with van der Waals surface area (Å²) in [5, 5.41) is 27.2. The zero-order valence-corrected chi connectivity index (χ0v) is 20.8. The van der Waals surface area contributed by atoms with Gasteiger partial charge in [0.15, 0.2) is 0 Å². The predicted octanol–water partition coefficient (Wildman–Crippen LogP) is -2.22. The van der Waals surface area contributed by atoms with Crippen molar-refractivity contribution in [1.29, 1.82) is 0 Å². The summed E-state index contributed by atoms with van der Waals surface area (Å²) in [5.74, 6) is -1.31. The van der Waals surface area contributed by atoms with E-state index >= 15 is 0 Å². The first-order valence-electron chi connectivity index (χ1n) is 12.3. The largest absolute Gasteiger partial charge is 0.388 e. The van der Waals surface area contributed by atoms with E-state index in [4.69, 9.17) is 9.47 Å². The van der Waals surface area contributed by atoms with Crippen LogP contribution in [0, 0.1) is 5.82 Å². The van der Waals surface area contributed by atoms with Gasteiger partial charge in [0, 0.05) is 38.8 Å². The van der Waals surface area contributed by atoms with E-state index in [1.165, 1.54) is 12.1 Å². The van der Waals surface area contributed by atoms with Crippen molar-refractivity contribution in [3.8, 4) is 0 Å². The zero-order valence-electron chi connectivity index (χ0n) is 20.0. The summed E-state index contributed by atoms with van der Waals surface area (Å²) in [6.45, 7) is 0.477. The molecule has 0 radical (unpaired) electrons. The Kier molecular flexibility index (Phi) is 7.51. The number of amides is 2. The van der Waals surface area contributed by atoms with Gasteiger partial charge in [0.2, 0.25) is 21.8 Å². The van der Waals surface area contributed by atoms with Crippen LogP contribution >= 0.6 is 0 Å². The molecule has 4 N–H and O–H groups in total. The molecule has 0 spiro atoms. The first-order valence-corrected chi connectivity index (χ1v) is 13.8. The molecular weight excluding hydrogens is 511 g/mol. The number of rotatable bonds is 2. The van der Waals surface area contributed by atoms with Gasteiger partial charge in [0.05, 0.1) is 36.2 Å². The summed E-state index contributed by atoms with van der Waals surface area (Å²) < 4.78 is 53.7. The summed E-state index contributed by atoms with van der Waals surface area (Å²) >= 11 is 0. The lowest BCUT2D eigenvalue weighted by Crippen LogP contribution is -2.55. The number of aliphatic hydroxyl groups excluding tert-OH is 2. The SMILES string of the molecule is O=C1C[C@@H]2O[C@H](CN(S(=O)(=O)c3cccc(F)c3)C[C@@H]3CN(CCO3)C(=O)[C@@H]3C[C@@H](CN3)N1)[C@@H](O)[C@H]2O. The van der Waals surface area contributed by atoms with Crippen LogP contribution in [0.15, 0.2) is 29.2 Å². The maximum Gasteiger partial charge on any atom is 0.243 e. The second-order valence-corrected chi connectivity index (χ2v) is 11.9. The number of halogens is 1. The van der Waals surface area contributed by atoms with Gasteiger partial charge in [0.1, 0.15) is 24.1 Å². The van der Waals surface area contributed by atoms with Crippen LogP contribution in [0.25, 0.3) is 0 Å². The van der Waals surface area contributed by atoms with Gasteiger partial charge >= 0.3 is 0 Å². The van der Waals surface area contributed by atoms with Crippen LogP contribution in [0.3, 0.4) is 0 Å². The molecule has 5 rings (SSSR count). The standard InChI is InChI=1S/C23H31FN4O8S/c24-13-2-1-3-16(6-13)37(33,34)28-11-15-10-27(4-5-35-15)23(32)17-7-14(9-25-17)26-20(29)8-18-21(30)22(31)19(12-28)36-18/h1-3,6,14-15,17-19,21-22,25,30-31H,4-5,7-12H2,(H,26,29)/t14-,15-,17-,18-,19+,21-,22+/m0/s1. The van der Waals surface area contributed by atoms with Crippen LogP contribution < -0.4 is 10.6 Å². The number of nitrogens with one attached hydrogen (secondary N) is 2. The molecule has 4 saturated heterocycles. The third kappa shape index (κ3) is 5.50. The Morgan fingerprint density at radius 2 is 1.86 bits per heavy atom. The fraction of sp³-hybridized carbons (Fsp3) is 0.652. The molecule has 14 heteroatoms. The van der Waals surface area contributed by atoms with E-state index in [0.717, 1.165) is 16.4 Å². The highest BCUT2D eigenvalue weighted by Gasteiger charge is 2.46. The minimum atomic E-state index is -4.29. The minimum Gasteiger partial charge on any atom is -0.388 e. The van der Waals surface area contributed by atoms with Gasteiger partial charge in [-0.3, -0.25) is 9.59 Å². The second-order valence-electron chi connectivity index (χ2n) is 9.92. The molecule has 1 aromatic rings. The second kappa shape index (κ2) is 10.5. The van der Waals surface area contributed by atoms with Crippen molar-refractivity contribution in [2.24, 2.45) is 0 Å². The lowest BCUT2D eigenvalue weighted by Gasteiger charge is -2.37. The van der Waals surface area contributed by atoms with E-state index in [1.807, 2.05) is 0 Å². The Labute approximate surface area is 213 Å². The molecule has 6 bridgehead atoms. The molecule has 37 heavy (non-hydrogen) atoms. The van der Waals surface area contributed by atoms with Crippen LogP contribution in [0.2, 0.25) is 0 Å². The molecule has 0 saturated carbocycles. The van der Waals surface area contributed by atoms with Crippen LogP contribution in [0.5, 0.6) is 0 Å². The zero-order chi connectivity index (χ0) is 26.3. The molecule has 204 valence electrons. The summed E-state index contributed by atoms with van der Waals surface area (Å²) in [6.07, 6.45) is -5.64. The van der Waals surface area contributed by atoms with Crippen molar-refractivity contribution < 1.29 is 42.1 Å². The molecular formula is C23H31FN4O8S. The molecule has 12 nitrogen and oxygen atoms in total. The Hall–Kier alpha value is -2.20. The molecule has 2 amide bonds. The van der Waals surface area contributed by atoms with Gasteiger partial charge in [-0.2, -0.15) is 4.31 Å². The van der Waals surface area contributed by atoms with Crippen molar-refractivity contribution in [2.75, 3.05) is 39.3 Å². The lowest BCUT2D eigenvalue weighted by molar-refractivity contribution is -0.141. The van der Waals surface area contributed by atoms with Crippen molar-refractivity contribution in [3.05, 3.63) is 30.1 Å². The van der Waals surface area contributed by atoms with Crippen molar-refractivity contribution in [3.63, 3.8) is 0 Å². The molecule has 0 unspecified atom stereocenters. The van der Waals surface area contributed by atoms with E-state index in [1.54, 1.807) is 4.90 Å². The molecule has 4 aliphatic heterocycles. The normalized spacial score (nSPS) is 36.0. The first-order chi connectivity index (χ1) is 17.6. The molecule has 0 aliphatic carbocycles. The monoisotopic (exact) mass is 542 g/mol. The van der Waals surface area contributed by atoms with Gasteiger partial charge < -0.3 is 35.2 Å². The molecule has 4 heterocycles. The summed E-state index contributed by atoms with van der Waals surface area (Å²) in [7, 11) is -4.29. The van der Waals surface area contributed by atoms with Crippen LogP contribution in [-0.2, 0) is 29.1 Å². The minimum absolute atomic E-state index is 0.128. The van der Waals surface area contributed by atoms with Crippen molar-refractivity contribution in [2.45, 2.75) is 60.3 Å². The number of benzene rings is 1. The Bertz CT molecular complexity index is 1140. The van der Waals surface area contributed by atoms with E-state index in [0.29, 0.717) is 19.5 Å². The Morgan fingerprint density at radius 3 is 2.65 bits per heavy atom. The number of nitrogens with zero attached hydrogens (tertiary/aromatic N) is 2. The fourth-order valence-electron chi connectivity index (χ4n) is 5.37.